The Morgan fingerprint density at radius 2 is 1.90 bits per heavy atom. The fraction of sp³-hybridized carbons (Fsp3) is 1.00. The van der Waals surface area contributed by atoms with Crippen LogP contribution in [0.25, 0.3) is 0 Å². The number of piperidine rings is 1. The fourth-order valence-electron chi connectivity index (χ4n) is 4.46. The van der Waals surface area contributed by atoms with Crippen LogP contribution in [0.4, 0.5) is 4.39 Å². The third-order valence-corrected chi connectivity index (χ3v) is 5.55. The molecule has 1 aliphatic heterocycles. The summed E-state index contributed by atoms with van der Waals surface area (Å²) in [5.41, 5.74) is 0.216. The molecule has 6 atom stereocenters. The molecule has 0 aromatic heterocycles. The van der Waals surface area contributed by atoms with Crippen molar-refractivity contribution >= 4 is 0 Å². The highest BCUT2D eigenvalue weighted by molar-refractivity contribution is 4.97. The van der Waals surface area contributed by atoms with Crippen LogP contribution in [0.3, 0.4) is 0 Å². The molecule has 0 spiro atoms. The van der Waals surface area contributed by atoms with Crippen molar-refractivity contribution in [1.82, 2.24) is 5.32 Å². The van der Waals surface area contributed by atoms with Crippen molar-refractivity contribution in [2.45, 2.75) is 71.7 Å². The Balaban J connectivity index is 2.23. The average Bonchev–Trinajstić information content (AvgIpc) is 2.36. The van der Waals surface area contributed by atoms with E-state index in [1.807, 2.05) is 0 Å². The molecular weight excluding hydrogens is 253 g/mol. The zero-order valence-corrected chi connectivity index (χ0v) is 13.8. The smallest absolute Gasteiger partial charge is 0.106 e. The zero-order valence-electron chi connectivity index (χ0n) is 13.8. The first-order valence-corrected chi connectivity index (χ1v) is 8.24. The largest absolute Gasteiger partial charge is 0.381 e. The van der Waals surface area contributed by atoms with E-state index in [0.29, 0.717) is 17.9 Å². The van der Waals surface area contributed by atoms with E-state index in [1.54, 1.807) is 7.11 Å². The first-order valence-electron chi connectivity index (χ1n) is 8.24. The number of methoxy groups -OCH3 is 1. The number of hydrogen-bond donors (Lipinski definition) is 1. The van der Waals surface area contributed by atoms with Crippen LogP contribution in [0.2, 0.25) is 0 Å². The Kier molecular flexibility index (Phi) is 5.12. The summed E-state index contributed by atoms with van der Waals surface area (Å²) in [7, 11) is 1.76. The fourth-order valence-corrected chi connectivity index (χ4v) is 4.46. The molecule has 1 saturated carbocycles. The summed E-state index contributed by atoms with van der Waals surface area (Å²) in [6.07, 6.45) is 3.22. The van der Waals surface area contributed by atoms with Gasteiger partial charge >= 0.3 is 0 Å². The van der Waals surface area contributed by atoms with Crippen LogP contribution < -0.4 is 5.32 Å². The van der Waals surface area contributed by atoms with Crippen molar-refractivity contribution in [1.29, 1.82) is 0 Å². The molecule has 0 amide bonds. The topological polar surface area (TPSA) is 21.3 Å². The summed E-state index contributed by atoms with van der Waals surface area (Å²) < 4.78 is 20.3. The number of halogens is 1. The van der Waals surface area contributed by atoms with Gasteiger partial charge in [-0.2, -0.15) is 0 Å². The minimum absolute atomic E-state index is 0.0857. The molecule has 1 N–H and O–H groups in total. The molecule has 20 heavy (non-hydrogen) atoms. The predicted molar refractivity (Wildman–Crippen MR) is 81.6 cm³/mol. The molecule has 1 aliphatic carbocycles. The van der Waals surface area contributed by atoms with Gasteiger partial charge in [0.1, 0.15) is 6.17 Å². The first kappa shape index (κ1) is 16.2. The molecule has 1 heterocycles. The average molecular weight is 285 g/mol. The maximum Gasteiger partial charge on any atom is 0.106 e. The summed E-state index contributed by atoms with van der Waals surface area (Å²) in [6.45, 7) is 10.1. The third kappa shape index (κ3) is 3.36. The van der Waals surface area contributed by atoms with Crippen LogP contribution in [0.15, 0.2) is 0 Å². The molecule has 118 valence electrons. The molecule has 3 heteroatoms. The summed E-state index contributed by atoms with van der Waals surface area (Å²) in [5, 5.41) is 3.59. The minimum atomic E-state index is -0.686. The van der Waals surface area contributed by atoms with Gasteiger partial charge in [0, 0.05) is 19.1 Å². The van der Waals surface area contributed by atoms with Crippen LogP contribution in [0.1, 0.15) is 53.4 Å². The van der Waals surface area contributed by atoms with Crippen molar-refractivity contribution in [2.24, 2.45) is 23.2 Å². The normalized spacial score (nSPS) is 43.5. The Morgan fingerprint density at radius 3 is 2.50 bits per heavy atom. The van der Waals surface area contributed by atoms with Gasteiger partial charge in [-0.25, -0.2) is 4.39 Å². The number of hydrogen-bond acceptors (Lipinski definition) is 2. The van der Waals surface area contributed by atoms with Gasteiger partial charge in [-0.1, -0.05) is 20.8 Å². The van der Waals surface area contributed by atoms with E-state index in [2.05, 4.69) is 33.0 Å². The van der Waals surface area contributed by atoms with Gasteiger partial charge < -0.3 is 10.1 Å². The van der Waals surface area contributed by atoms with Crippen LogP contribution in [0, 0.1) is 23.2 Å². The maximum atomic E-state index is 14.7. The number of rotatable bonds is 2. The first-order chi connectivity index (χ1) is 9.34. The Morgan fingerprint density at radius 1 is 1.20 bits per heavy atom. The molecule has 1 saturated heterocycles. The molecule has 0 aromatic carbocycles. The predicted octanol–water partition coefficient (Wildman–Crippen LogP) is 3.80. The van der Waals surface area contributed by atoms with Crippen LogP contribution >= 0.6 is 0 Å². The lowest BCUT2D eigenvalue weighted by molar-refractivity contribution is -0.0775. The van der Waals surface area contributed by atoms with Gasteiger partial charge in [0.15, 0.2) is 0 Å². The molecule has 0 aromatic rings. The lowest BCUT2D eigenvalue weighted by Crippen LogP contribution is -2.54. The molecule has 2 rings (SSSR count). The van der Waals surface area contributed by atoms with E-state index in [-0.39, 0.29) is 17.4 Å². The van der Waals surface area contributed by atoms with Gasteiger partial charge in [-0.3, -0.25) is 0 Å². The number of alkyl halides is 1. The summed E-state index contributed by atoms with van der Waals surface area (Å²) in [4.78, 5) is 0. The van der Waals surface area contributed by atoms with E-state index < -0.39 is 6.17 Å². The Hall–Kier alpha value is -0.150. The molecule has 2 fully saturated rings. The summed E-state index contributed by atoms with van der Waals surface area (Å²) in [6, 6.07) is 0.491. The summed E-state index contributed by atoms with van der Waals surface area (Å²) >= 11 is 0. The summed E-state index contributed by atoms with van der Waals surface area (Å²) in [5.74, 6) is 1.05. The second kappa shape index (κ2) is 6.31. The highest BCUT2D eigenvalue weighted by atomic mass is 19.1. The maximum absolute atomic E-state index is 14.7. The monoisotopic (exact) mass is 285 g/mol. The second-order valence-electron chi connectivity index (χ2n) is 7.98. The SMILES string of the molecule is COC1CCCC(F)C1C1CC(C)NCC1C(C)(C)C. The van der Waals surface area contributed by atoms with Crippen molar-refractivity contribution in [2.75, 3.05) is 13.7 Å². The van der Waals surface area contributed by atoms with E-state index in [0.717, 1.165) is 32.2 Å². The Labute approximate surface area is 123 Å². The molecule has 2 nitrogen and oxygen atoms in total. The lowest BCUT2D eigenvalue weighted by atomic mass is 9.61. The standard InChI is InChI=1S/C17H32FNO/c1-11-9-12(13(10-19-11)17(2,3)4)16-14(18)7-6-8-15(16)20-5/h11-16,19H,6-10H2,1-5H3. The van der Waals surface area contributed by atoms with Crippen molar-refractivity contribution < 1.29 is 9.13 Å². The molecule has 0 radical (unpaired) electrons. The van der Waals surface area contributed by atoms with E-state index >= 15 is 0 Å². The molecular formula is C17H32FNO. The molecule has 0 bridgehead atoms. The highest BCUT2D eigenvalue weighted by Gasteiger charge is 2.47. The quantitative estimate of drug-likeness (QED) is 0.833. The van der Waals surface area contributed by atoms with E-state index in [4.69, 9.17) is 4.74 Å². The van der Waals surface area contributed by atoms with Crippen molar-refractivity contribution in [3.05, 3.63) is 0 Å². The van der Waals surface area contributed by atoms with Crippen molar-refractivity contribution in [3.63, 3.8) is 0 Å². The molecule has 2 aliphatic rings. The Bertz CT molecular complexity index is 315. The van der Waals surface area contributed by atoms with Gasteiger partial charge in [-0.15, -0.1) is 0 Å². The lowest BCUT2D eigenvalue weighted by Gasteiger charge is -2.49. The van der Waals surface area contributed by atoms with Gasteiger partial charge in [0.05, 0.1) is 6.10 Å². The van der Waals surface area contributed by atoms with Gasteiger partial charge in [0.25, 0.3) is 0 Å². The van der Waals surface area contributed by atoms with E-state index in [9.17, 15) is 4.39 Å². The van der Waals surface area contributed by atoms with Crippen LogP contribution in [-0.2, 0) is 4.74 Å². The van der Waals surface area contributed by atoms with E-state index in [1.165, 1.54) is 0 Å². The number of nitrogens with one attached hydrogen (secondary N) is 1. The van der Waals surface area contributed by atoms with Crippen LogP contribution in [0.5, 0.6) is 0 Å². The third-order valence-electron chi connectivity index (χ3n) is 5.55. The highest BCUT2D eigenvalue weighted by Crippen LogP contribution is 2.46. The van der Waals surface area contributed by atoms with Gasteiger partial charge in [0.2, 0.25) is 0 Å². The minimum Gasteiger partial charge on any atom is -0.381 e. The van der Waals surface area contributed by atoms with Gasteiger partial charge in [-0.05, 0) is 56.4 Å². The zero-order chi connectivity index (χ0) is 14.9. The molecule has 6 unspecified atom stereocenters. The van der Waals surface area contributed by atoms with Crippen LogP contribution in [-0.4, -0.2) is 32.0 Å². The van der Waals surface area contributed by atoms with Crippen molar-refractivity contribution in [3.8, 4) is 0 Å². The second-order valence-corrected chi connectivity index (χ2v) is 7.98. The number of ether oxygens (including phenoxy) is 1.